The molecule has 0 unspecified atom stereocenters. The third-order valence-corrected chi connectivity index (χ3v) is 3.68. The van der Waals surface area contributed by atoms with Crippen molar-refractivity contribution in [2.45, 2.75) is 39.5 Å². The number of imidazole rings is 1. The number of aliphatic hydroxyl groups excluding tert-OH is 1. The molecule has 5 heteroatoms. The second-order valence-electron chi connectivity index (χ2n) is 5.19. The molecule has 3 rings (SSSR count). The zero-order valence-electron chi connectivity index (χ0n) is 11.8. The van der Waals surface area contributed by atoms with Gasteiger partial charge in [-0.1, -0.05) is 13.3 Å². The topological polar surface area (TPSA) is 54.2 Å². The molecule has 2 aromatic rings. The number of hydrogen-bond acceptors (Lipinski definition) is 4. The third-order valence-electron chi connectivity index (χ3n) is 3.68. The average molecular weight is 272 g/mol. The third kappa shape index (κ3) is 2.54. The van der Waals surface area contributed by atoms with Crippen molar-refractivity contribution in [2.75, 3.05) is 11.4 Å². The normalized spacial score (nSPS) is 14.4. The van der Waals surface area contributed by atoms with Gasteiger partial charge in [0.2, 0.25) is 0 Å². The second kappa shape index (κ2) is 5.63. The summed E-state index contributed by atoms with van der Waals surface area (Å²) in [6.07, 6.45) is 5.88. The van der Waals surface area contributed by atoms with Gasteiger partial charge in [0.25, 0.3) is 0 Å². The van der Waals surface area contributed by atoms with E-state index < -0.39 is 0 Å². The van der Waals surface area contributed by atoms with Crippen LogP contribution in [0.15, 0.2) is 24.5 Å². The summed E-state index contributed by atoms with van der Waals surface area (Å²) < 4.78 is 2.18. The average Bonchev–Trinajstić information content (AvgIpc) is 2.94. The lowest BCUT2D eigenvalue weighted by Gasteiger charge is -2.29. The highest BCUT2D eigenvalue weighted by atomic mass is 16.3. The highest BCUT2D eigenvalue weighted by Crippen LogP contribution is 2.21. The van der Waals surface area contributed by atoms with Crippen LogP contribution in [0.5, 0.6) is 0 Å². The SMILES string of the molecule is CCCc1cc(CO)cc(N2CCn3ccnc3C2)n1. The van der Waals surface area contributed by atoms with E-state index in [-0.39, 0.29) is 6.61 Å². The highest BCUT2D eigenvalue weighted by molar-refractivity contribution is 5.43. The van der Waals surface area contributed by atoms with Gasteiger partial charge in [0.05, 0.1) is 13.2 Å². The van der Waals surface area contributed by atoms with E-state index in [1.807, 2.05) is 24.5 Å². The van der Waals surface area contributed by atoms with E-state index in [4.69, 9.17) is 4.98 Å². The monoisotopic (exact) mass is 272 g/mol. The maximum absolute atomic E-state index is 9.42. The van der Waals surface area contributed by atoms with Crippen molar-refractivity contribution in [1.82, 2.24) is 14.5 Å². The Kier molecular flexibility index (Phi) is 3.69. The number of pyridine rings is 1. The summed E-state index contributed by atoms with van der Waals surface area (Å²) in [4.78, 5) is 11.3. The van der Waals surface area contributed by atoms with Crippen LogP contribution < -0.4 is 4.90 Å². The molecule has 0 saturated heterocycles. The maximum atomic E-state index is 9.42. The molecule has 1 N–H and O–H groups in total. The molecule has 1 aliphatic rings. The molecule has 0 fully saturated rings. The molecule has 1 aliphatic heterocycles. The molecular weight excluding hydrogens is 252 g/mol. The van der Waals surface area contributed by atoms with Crippen molar-refractivity contribution in [2.24, 2.45) is 0 Å². The smallest absolute Gasteiger partial charge is 0.129 e. The minimum Gasteiger partial charge on any atom is -0.392 e. The molecule has 0 saturated carbocycles. The molecule has 106 valence electrons. The minimum absolute atomic E-state index is 0.0642. The Morgan fingerprint density at radius 3 is 3.00 bits per heavy atom. The highest BCUT2D eigenvalue weighted by Gasteiger charge is 2.18. The first kappa shape index (κ1) is 13.1. The quantitative estimate of drug-likeness (QED) is 0.921. The zero-order chi connectivity index (χ0) is 13.9. The Balaban J connectivity index is 1.88. The van der Waals surface area contributed by atoms with E-state index >= 15 is 0 Å². The molecule has 0 radical (unpaired) electrons. The van der Waals surface area contributed by atoms with E-state index in [0.29, 0.717) is 0 Å². The first-order valence-electron chi connectivity index (χ1n) is 7.16. The molecule has 0 aromatic carbocycles. The molecule has 20 heavy (non-hydrogen) atoms. The number of nitrogens with zero attached hydrogens (tertiary/aromatic N) is 4. The fourth-order valence-electron chi connectivity index (χ4n) is 2.64. The summed E-state index contributed by atoms with van der Waals surface area (Å²) in [5, 5.41) is 9.42. The molecule has 2 aromatic heterocycles. The van der Waals surface area contributed by atoms with Crippen LogP contribution in [0.2, 0.25) is 0 Å². The summed E-state index contributed by atoms with van der Waals surface area (Å²) in [5.74, 6) is 2.03. The van der Waals surface area contributed by atoms with Crippen LogP contribution >= 0.6 is 0 Å². The van der Waals surface area contributed by atoms with Gasteiger partial charge in [-0.2, -0.15) is 0 Å². The molecule has 5 nitrogen and oxygen atoms in total. The van der Waals surface area contributed by atoms with Gasteiger partial charge in [-0.15, -0.1) is 0 Å². The van der Waals surface area contributed by atoms with E-state index in [2.05, 4.69) is 21.4 Å². The summed E-state index contributed by atoms with van der Waals surface area (Å²) in [5.41, 5.74) is 2.00. The lowest BCUT2D eigenvalue weighted by Crippen LogP contribution is -2.34. The maximum Gasteiger partial charge on any atom is 0.129 e. The fraction of sp³-hybridized carbons (Fsp3) is 0.467. The number of rotatable bonds is 4. The van der Waals surface area contributed by atoms with Gasteiger partial charge in [-0.25, -0.2) is 9.97 Å². The van der Waals surface area contributed by atoms with Crippen molar-refractivity contribution in [3.8, 4) is 0 Å². The van der Waals surface area contributed by atoms with E-state index in [0.717, 1.165) is 55.4 Å². The lowest BCUT2D eigenvalue weighted by molar-refractivity contribution is 0.281. The summed E-state index contributed by atoms with van der Waals surface area (Å²) >= 11 is 0. The predicted octanol–water partition coefficient (Wildman–Crippen LogP) is 1.74. The van der Waals surface area contributed by atoms with Crippen LogP contribution in [-0.4, -0.2) is 26.2 Å². The molecule has 3 heterocycles. The molecule has 0 aliphatic carbocycles. The second-order valence-corrected chi connectivity index (χ2v) is 5.19. The summed E-state index contributed by atoms with van der Waals surface area (Å²) in [6, 6.07) is 3.98. The summed E-state index contributed by atoms with van der Waals surface area (Å²) in [6.45, 7) is 4.85. The van der Waals surface area contributed by atoms with E-state index in [1.165, 1.54) is 0 Å². The molecular formula is C15H20N4O. The number of fused-ring (bicyclic) bond motifs is 1. The lowest BCUT2D eigenvalue weighted by atomic mass is 10.1. The first-order chi connectivity index (χ1) is 9.80. The van der Waals surface area contributed by atoms with Gasteiger partial charge in [0.1, 0.15) is 11.6 Å². The first-order valence-corrected chi connectivity index (χ1v) is 7.16. The standard InChI is InChI=1S/C15H20N4O/c1-2-3-13-8-12(11-20)9-14(17-13)19-7-6-18-5-4-16-15(18)10-19/h4-5,8-9,20H,2-3,6-7,10-11H2,1H3. The number of hydrogen-bond donors (Lipinski definition) is 1. The van der Waals surface area contributed by atoms with Crippen LogP contribution in [0.25, 0.3) is 0 Å². The van der Waals surface area contributed by atoms with Gasteiger partial charge in [-0.05, 0) is 24.1 Å². The van der Waals surface area contributed by atoms with Crippen LogP contribution in [0.1, 0.15) is 30.4 Å². The largest absolute Gasteiger partial charge is 0.392 e. The van der Waals surface area contributed by atoms with Gasteiger partial charge in [0.15, 0.2) is 0 Å². The number of aryl methyl sites for hydroxylation is 1. The van der Waals surface area contributed by atoms with Crippen molar-refractivity contribution in [3.63, 3.8) is 0 Å². The molecule has 0 amide bonds. The van der Waals surface area contributed by atoms with Gasteiger partial charge in [0, 0.05) is 31.2 Å². The van der Waals surface area contributed by atoms with E-state index in [1.54, 1.807) is 0 Å². The number of aromatic nitrogens is 3. The number of anilines is 1. The van der Waals surface area contributed by atoms with Crippen LogP contribution in [-0.2, 0) is 26.1 Å². The van der Waals surface area contributed by atoms with Gasteiger partial charge < -0.3 is 14.6 Å². The fourth-order valence-corrected chi connectivity index (χ4v) is 2.64. The van der Waals surface area contributed by atoms with Crippen molar-refractivity contribution in [1.29, 1.82) is 0 Å². The minimum atomic E-state index is 0.0642. The Morgan fingerprint density at radius 2 is 2.20 bits per heavy atom. The van der Waals surface area contributed by atoms with Crippen molar-refractivity contribution < 1.29 is 5.11 Å². The molecule has 0 bridgehead atoms. The Labute approximate surface area is 118 Å². The van der Waals surface area contributed by atoms with Gasteiger partial charge >= 0.3 is 0 Å². The Morgan fingerprint density at radius 1 is 1.30 bits per heavy atom. The predicted molar refractivity (Wildman–Crippen MR) is 77.4 cm³/mol. The molecule has 0 atom stereocenters. The van der Waals surface area contributed by atoms with Crippen LogP contribution in [0.4, 0.5) is 5.82 Å². The van der Waals surface area contributed by atoms with E-state index in [9.17, 15) is 5.11 Å². The van der Waals surface area contributed by atoms with Crippen molar-refractivity contribution in [3.05, 3.63) is 41.6 Å². The summed E-state index contributed by atoms with van der Waals surface area (Å²) in [7, 11) is 0. The zero-order valence-corrected chi connectivity index (χ0v) is 11.8. The Bertz CT molecular complexity index is 593. The van der Waals surface area contributed by atoms with Crippen molar-refractivity contribution >= 4 is 5.82 Å². The van der Waals surface area contributed by atoms with Gasteiger partial charge in [-0.3, -0.25) is 0 Å². The molecule has 0 spiro atoms. The van der Waals surface area contributed by atoms with Crippen LogP contribution in [0.3, 0.4) is 0 Å². The Hall–Kier alpha value is -1.88. The number of aliphatic hydroxyl groups is 1. The van der Waals surface area contributed by atoms with Crippen LogP contribution in [0, 0.1) is 0 Å².